The van der Waals surface area contributed by atoms with Crippen molar-refractivity contribution >= 4 is 34.9 Å². The average Bonchev–Trinajstić information content (AvgIpc) is 2.43. The van der Waals surface area contributed by atoms with Crippen molar-refractivity contribution in [3.63, 3.8) is 0 Å². The van der Waals surface area contributed by atoms with Crippen molar-refractivity contribution in [3.8, 4) is 0 Å². The minimum Gasteiger partial charge on any atom is -0.388 e. The molecule has 1 aliphatic heterocycles. The van der Waals surface area contributed by atoms with E-state index in [1.807, 2.05) is 0 Å². The van der Waals surface area contributed by atoms with Crippen LogP contribution in [0.1, 0.15) is 12.8 Å². The number of halogens is 2. The molecule has 0 aliphatic carbocycles. The van der Waals surface area contributed by atoms with Crippen LogP contribution in [0, 0.1) is 0 Å². The second-order valence-electron chi connectivity index (χ2n) is 5.25. The van der Waals surface area contributed by atoms with E-state index in [2.05, 4.69) is 5.32 Å². The number of rotatable bonds is 3. The molecule has 1 heterocycles. The Kier molecular flexibility index (Phi) is 5.32. The molecule has 2 rings (SSSR count). The van der Waals surface area contributed by atoms with Crippen LogP contribution >= 0.6 is 23.2 Å². The van der Waals surface area contributed by atoms with Crippen molar-refractivity contribution in [1.29, 1.82) is 0 Å². The van der Waals surface area contributed by atoms with Gasteiger partial charge in [0, 0.05) is 38.1 Å². The molecule has 0 spiro atoms. The summed E-state index contributed by atoms with van der Waals surface area (Å²) in [5.41, 5.74) is -0.456. The van der Waals surface area contributed by atoms with Gasteiger partial charge in [-0.2, -0.15) is 0 Å². The lowest BCUT2D eigenvalue weighted by atomic mass is 9.94. The molecule has 21 heavy (non-hydrogen) atoms. The van der Waals surface area contributed by atoms with Gasteiger partial charge in [0.2, 0.25) is 0 Å². The summed E-state index contributed by atoms with van der Waals surface area (Å²) in [6.45, 7) is 1.25. The Morgan fingerprint density at radius 2 is 2.10 bits per heavy atom. The van der Waals surface area contributed by atoms with Crippen LogP contribution in [0.2, 0.25) is 10.0 Å². The molecule has 5 nitrogen and oxygen atoms in total. The summed E-state index contributed by atoms with van der Waals surface area (Å²) in [5, 5.41) is 14.0. The number of hydrogen-bond acceptors (Lipinski definition) is 3. The Labute approximate surface area is 133 Å². The molecule has 2 N–H and O–H groups in total. The van der Waals surface area contributed by atoms with Gasteiger partial charge in [0.25, 0.3) is 0 Å². The average molecular weight is 333 g/mol. The van der Waals surface area contributed by atoms with Crippen LogP contribution in [0.5, 0.6) is 0 Å². The largest absolute Gasteiger partial charge is 0.388 e. The molecule has 0 radical (unpaired) electrons. The molecule has 1 aliphatic rings. The summed E-state index contributed by atoms with van der Waals surface area (Å²) in [6.07, 6.45) is 1.03. The molecule has 7 heteroatoms. The maximum Gasteiger partial charge on any atom is 0.321 e. The minimum atomic E-state index is -0.900. The van der Waals surface area contributed by atoms with E-state index in [9.17, 15) is 9.90 Å². The van der Waals surface area contributed by atoms with Gasteiger partial charge in [0.15, 0.2) is 0 Å². The number of carbonyl (C=O) groups excluding carboxylic acids is 1. The molecule has 1 fully saturated rings. The van der Waals surface area contributed by atoms with Crippen molar-refractivity contribution in [2.45, 2.75) is 18.4 Å². The van der Waals surface area contributed by atoms with Crippen LogP contribution in [0.4, 0.5) is 10.5 Å². The number of carbonyl (C=O) groups is 1. The van der Waals surface area contributed by atoms with Crippen LogP contribution < -0.4 is 5.32 Å². The van der Waals surface area contributed by atoms with Crippen LogP contribution in [0.15, 0.2) is 18.2 Å². The lowest BCUT2D eigenvalue weighted by molar-refractivity contribution is -0.0717. The highest BCUT2D eigenvalue weighted by atomic mass is 35.5. The van der Waals surface area contributed by atoms with Crippen molar-refractivity contribution in [2.75, 3.05) is 32.1 Å². The highest BCUT2D eigenvalue weighted by Crippen LogP contribution is 2.26. The van der Waals surface area contributed by atoms with Gasteiger partial charge < -0.3 is 20.1 Å². The van der Waals surface area contributed by atoms with E-state index in [1.165, 1.54) is 4.90 Å². The molecule has 2 amide bonds. The number of hydrogen-bond donors (Lipinski definition) is 2. The highest BCUT2D eigenvalue weighted by Gasteiger charge is 2.32. The zero-order valence-corrected chi connectivity index (χ0v) is 13.2. The summed E-state index contributed by atoms with van der Waals surface area (Å²) in [4.78, 5) is 13.6. The van der Waals surface area contributed by atoms with Gasteiger partial charge in [0.1, 0.15) is 0 Å². The number of likely N-dealkylation sites (N-methyl/N-ethyl adjacent to an activating group) is 1. The minimum absolute atomic E-state index is 0.236. The summed E-state index contributed by atoms with van der Waals surface area (Å²) in [7, 11) is 1.63. The molecule has 1 saturated heterocycles. The molecular formula is C14H18Cl2N2O3. The Balaban J connectivity index is 1.97. The van der Waals surface area contributed by atoms with Gasteiger partial charge in [-0.15, -0.1) is 0 Å². The molecule has 116 valence electrons. The first-order valence-corrected chi connectivity index (χ1v) is 7.42. The molecule has 1 aromatic carbocycles. The van der Waals surface area contributed by atoms with Crippen LogP contribution in [-0.4, -0.2) is 48.4 Å². The molecular weight excluding hydrogens is 315 g/mol. The van der Waals surface area contributed by atoms with Crippen molar-refractivity contribution < 1.29 is 14.6 Å². The van der Waals surface area contributed by atoms with Gasteiger partial charge >= 0.3 is 6.03 Å². The number of nitrogens with zero attached hydrogens (tertiary/aromatic N) is 1. The third-order valence-corrected chi connectivity index (χ3v) is 4.04. The molecule has 0 bridgehead atoms. The maximum atomic E-state index is 12.2. The first-order chi connectivity index (χ1) is 9.89. The number of amides is 2. The number of nitrogens with one attached hydrogen (secondary N) is 1. The number of ether oxygens (including phenoxy) is 1. The predicted octanol–water partition coefficient (Wildman–Crippen LogP) is 3.00. The van der Waals surface area contributed by atoms with Gasteiger partial charge in [-0.25, -0.2) is 4.79 Å². The predicted molar refractivity (Wildman–Crippen MR) is 83.1 cm³/mol. The summed E-state index contributed by atoms with van der Waals surface area (Å²) >= 11 is 11.9. The van der Waals surface area contributed by atoms with E-state index in [4.69, 9.17) is 27.9 Å². The lowest BCUT2D eigenvalue weighted by Crippen LogP contribution is -2.48. The second-order valence-corrected chi connectivity index (χ2v) is 6.09. The summed E-state index contributed by atoms with van der Waals surface area (Å²) in [6, 6.07) is 4.50. The Morgan fingerprint density at radius 3 is 2.76 bits per heavy atom. The zero-order chi connectivity index (χ0) is 15.5. The molecule has 0 atom stereocenters. The van der Waals surface area contributed by atoms with E-state index in [1.54, 1.807) is 25.2 Å². The second kappa shape index (κ2) is 6.83. The number of urea groups is 1. The number of aliphatic hydroxyl groups is 1. The van der Waals surface area contributed by atoms with Crippen LogP contribution in [0.3, 0.4) is 0 Å². The molecule has 0 saturated carbocycles. The topological polar surface area (TPSA) is 61.8 Å². The first-order valence-electron chi connectivity index (χ1n) is 6.67. The molecule has 0 aromatic heterocycles. The third-order valence-electron chi connectivity index (χ3n) is 3.47. The van der Waals surface area contributed by atoms with E-state index in [-0.39, 0.29) is 12.6 Å². The van der Waals surface area contributed by atoms with E-state index < -0.39 is 5.60 Å². The lowest BCUT2D eigenvalue weighted by Gasteiger charge is -2.35. The fraction of sp³-hybridized carbons (Fsp3) is 0.500. The zero-order valence-electron chi connectivity index (χ0n) is 11.7. The smallest absolute Gasteiger partial charge is 0.321 e. The Hall–Kier alpha value is -1.01. The van der Waals surface area contributed by atoms with Gasteiger partial charge in [-0.3, -0.25) is 0 Å². The van der Waals surface area contributed by atoms with Crippen molar-refractivity contribution in [2.24, 2.45) is 0 Å². The Morgan fingerprint density at radius 1 is 1.43 bits per heavy atom. The van der Waals surface area contributed by atoms with Gasteiger partial charge in [-0.1, -0.05) is 23.2 Å². The molecule has 1 aromatic rings. The SMILES string of the molecule is CN(CC1(O)CCOCC1)C(=O)Nc1cc(Cl)ccc1Cl. The van der Waals surface area contributed by atoms with E-state index >= 15 is 0 Å². The monoisotopic (exact) mass is 332 g/mol. The normalized spacial score (nSPS) is 17.3. The fourth-order valence-corrected chi connectivity index (χ4v) is 2.56. The van der Waals surface area contributed by atoms with Crippen molar-refractivity contribution in [1.82, 2.24) is 4.90 Å². The molecule has 0 unspecified atom stereocenters. The van der Waals surface area contributed by atoms with Crippen LogP contribution in [-0.2, 0) is 4.74 Å². The van der Waals surface area contributed by atoms with Gasteiger partial charge in [-0.05, 0) is 18.2 Å². The number of anilines is 1. The Bertz CT molecular complexity index is 519. The van der Waals surface area contributed by atoms with E-state index in [0.717, 1.165) is 0 Å². The van der Waals surface area contributed by atoms with Gasteiger partial charge in [0.05, 0.1) is 22.9 Å². The highest BCUT2D eigenvalue weighted by molar-refractivity contribution is 6.35. The quantitative estimate of drug-likeness (QED) is 0.894. The third kappa shape index (κ3) is 4.48. The standard InChI is InChI=1S/C14H18Cl2N2O3/c1-18(9-14(20)4-6-21-7-5-14)13(19)17-12-8-10(15)2-3-11(12)16/h2-3,8,20H,4-7,9H2,1H3,(H,17,19). The number of benzene rings is 1. The van der Waals surface area contributed by atoms with Crippen LogP contribution in [0.25, 0.3) is 0 Å². The summed E-state index contributed by atoms with van der Waals surface area (Å²) < 4.78 is 5.22. The maximum absolute atomic E-state index is 12.2. The van der Waals surface area contributed by atoms with E-state index in [0.29, 0.717) is 41.8 Å². The fourth-order valence-electron chi connectivity index (χ4n) is 2.23. The first kappa shape index (κ1) is 16.4. The summed E-state index contributed by atoms with van der Waals surface area (Å²) in [5.74, 6) is 0. The van der Waals surface area contributed by atoms with Crippen molar-refractivity contribution in [3.05, 3.63) is 28.2 Å².